The predicted octanol–water partition coefficient (Wildman–Crippen LogP) is 2.41. The molecule has 0 unspecified atom stereocenters. The molecule has 0 saturated carbocycles. The van der Waals surface area contributed by atoms with Gasteiger partial charge in [0.25, 0.3) is 5.56 Å². The molecule has 1 heterocycles. The Hall–Kier alpha value is -3.59. The zero-order valence-corrected chi connectivity index (χ0v) is 18.4. The van der Waals surface area contributed by atoms with Crippen LogP contribution in [0.3, 0.4) is 0 Å². The number of H-pyrrole nitrogens is 1. The molecule has 8 nitrogen and oxygen atoms in total. The fourth-order valence-electron chi connectivity index (χ4n) is 2.93. The Morgan fingerprint density at radius 1 is 1.06 bits per heavy atom. The summed E-state index contributed by atoms with van der Waals surface area (Å²) in [6, 6.07) is 18.2. The average molecular weight is 453 g/mol. The van der Waals surface area contributed by atoms with E-state index in [9.17, 15) is 14.4 Å². The summed E-state index contributed by atoms with van der Waals surface area (Å²) in [5.41, 5.74) is 1.66. The van der Waals surface area contributed by atoms with Gasteiger partial charge >= 0.3 is 0 Å². The van der Waals surface area contributed by atoms with Crippen LogP contribution in [0.1, 0.15) is 11.3 Å². The molecule has 1 aromatic heterocycles. The second-order valence-corrected chi connectivity index (χ2v) is 7.81. The largest absolute Gasteiger partial charge is 0.495 e. The van der Waals surface area contributed by atoms with Crippen molar-refractivity contribution >= 4 is 29.3 Å². The lowest BCUT2D eigenvalue weighted by atomic mass is 10.1. The summed E-state index contributed by atoms with van der Waals surface area (Å²) in [7, 11) is 1.53. The van der Waals surface area contributed by atoms with Crippen LogP contribution in [-0.2, 0) is 22.4 Å². The molecule has 0 atom stereocenters. The minimum absolute atomic E-state index is 0.0142. The van der Waals surface area contributed by atoms with Crippen molar-refractivity contribution < 1.29 is 14.3 Å². The number of nitrogens with zero attached hydrogens (tertiary/aromatic N) is 1. The molecule has 3 N–H and O–H groups in total. The lowest BCUT2D eigenvalue weighted by Gasteiger charge is -2.09. The highest BCUT2D eigenvalue weighted by molar-refractivity contribution is 7.99. The van der Waals surface area contributed by atoms with Crippen LogP contribution < -0.4 is 20.9 Å². The van der Waals surface area contributed by atoms with Crippen LogP contribution >= 0.6 is 11.8 Å². The number of carbonyl (C=O) groups is 2. The van der Waals surface area contributed by atoms with Crippen molar-refractivity contribution in [2.45, 2.75) is 18.0 Å². The minimum Gasteiger partial charge on any atom is -0.495 e. The fourth-order valence-corrected chi connectivity index (χ4v) is 3.62. The molecule has 3 aromatic rings. The van der Waals surface area contributed by atoms with Crippen molar-refractivity contribution in [3.8, 4) is 5.75 Å². The van der Waals surface area contributed by atoms with E-state index in [0.29, 0.717) is 23.7 Å². The Balaban J connectivity index is 1.50. The van der Waals surface area contributed by atoms with E-state index in [2.05, 4.69) is 20.6 Å². The number of benzene rings is 2. The zero-order valence-electron chi connectivity index (χ0n) is 17.6. The predicted molar refractivity (Wildman–Crippen MR) is 124 cm³/mol. The van der Waals surface area contributed by atoms with Crippen LogP contribution in [0, 0.1) is 0 Å². The highest BCUT2D eigenvalue weighted by Crippen LogP contribution is 2.23. The minimum atomic E-state index is -0.375. The third-order valence-electron chi connectivity index (χ3n) is 4.41. The summed E-state index contributed by atoms with van der Waals surface area (Å²) in [5.74, 6) is 0.0982. The van der Waals surface area contributed by atoms with Crippen molar-refractivity contribution in [2.24, 2.45) is 0 Å². The molecule has 0 radical (unpaired) electrons. The normalized spacial score (nSPS) is 10.4. The molecule has 2 aromatic carbocycles. The van der Waals surface area contributed by atoms with Crippen molar-refractivity contribution in [3.05, 3.63) is 82.3 Å². The Bertz CT molecular complexity index is 1120. The molecule has 0 saturated heterocycles. The van der Waals surface area contributed by atoms with Crippen LogP contribution in [0.2, 0.25) is 0 Å². The first-order valence-corrected chi connectivity index (χ1v) is 11.0. The first-order chi connectivity index (χ1) is 15.5. The Morgan fingerprint density at radius 2 is 1.81 bits per heavy atom. The van der Waals surface area contributed by atoms with E-state index in [-0.39, 0.29) is 34.7 Å². The van der Waals surface area contributed by atoms with Gasteiger partial charge in [-0.1, -0.05) is 54.2 Å². The number of thioether (sulfide) groups is 1. The maximum Gasteiger partial charge on any atom is 0.251 e. The number of methoxy groups -OCH3 is 1. The van der Waals surface area contributed by atoms with Gasteiger partial charge in [0.05, 0.1) is 30.7 Å². The van der Waals surface area contributed by atoms with Crippen molar-refractivity contribution in [2.75, 3.05) is 24.7 Å². The van der Waals surface area contributed by atoms with Gasteiger partial charge in [0.1, 0.15) is 5.75 Å². The smallest absolute Gasteiger partial charge is 0.251 e. The maximum atomic E-state index is 12.3. The second kappa shape index (κ2) is 11.7. The number of aromatic amines is 1. The molecule has 0 fully saturated rings. The maximum absolute atomic E-state index is 12.3. The third-order valence-corrected chi connectivity index (χ3v) is 5.29. The first-order valence-electron chi connectivity index (χ1n) is 10.00. The summed E-state index contributed by atoms with van der Waals surface area (Å²) in [6.45, 7) is 0.497. The number of nitrogens with one attached hydrogen (secondary N) is 3. The highest BCUT2D eigenvalue weighted by atomic mass is 32.2. The third kappa shape index (κ3) is 7.28. The molecule has 0 bridgehead atoms. The monoisotopic (exact) mass is 452 g/mol. The number of amides is 2. The topological polar surface area (TPSA) is 113 Å². The highest BCUT2D eigenvalue weighted by Gasteiger charge is 2.11. The van der Waals surface area contributed by atoms with Crippen LogP contribution in [0.4, 0.5) is 5.69 Å². The summed E-state index contributed by atoms with van der Waals surface area (Å²) in [4.78, 5) is 43.3. The van der Waals surface area contributed by atoms with E-state index in [1.54, 1.807) is 24.3 Å². The van der Waals surface area contributed by atoms with Gasteiger partial charge < -0.3 is 20.4 Å². The van der Waals surface area contributed by atoms with Gasteiger partial charge in [-0.25, -0.2) is 4.98 Å². The van der Waals surface area contributed by atoms with E-state index >= 15 is 0 Å². The van der Waals surface area contributed by atoms with Gasteiger partial charge in [-0.2, -0.15) is 0 Å². The zero-order chi connectivity index (χ0) is 22.8. The number of hydrogen-bond acceptors (Lipinski definition) is 6. The Morgan fingerprint density at radius 3 is 2.59 bits per heavy atom. The molecule has 0 aliphatic rings. The summed E-state index contributed by atoms with van der Waals surface area (Å²) < 4.78 is 5.21. The number of para-hydroxylation sites is 2. The van der Waals surface area contributed by atoms with Gasteiger partial charge in [-0.15, -0.1) is 0 Å². The lowest BCUT2D eigenvalue weighted by molar-refractivity contribution is -0.120. The molecule has 0 aliphatic heterocycles. The van der Waals surface area contributed by atoms with Crippen molar-refractivity contribution in [1.29, 1.82) is 0 Å². The van der Waals surface area contributed by atoms with E-state index in [1.165, 1.54) is 13.2 Å². The van der Waals surface area contributed by atoms with Gasteiger partial charge in [0.15, 0.2) is 5.16 Å². The number of hydrogen-bond donors (Lipinski definition) is 3. The van der Waals surface area contributed by atoms with Gasteiger partial charge in [0.2, 0.25) is 11.8 Å². The number of rotatable bonds is 10. The van der Waals surface area contributed by atoms with Gasteiger partial charge in [0, 0.05) is 12.6 Å². The quantitative estimate of drug-likeness (QED) is 0.322. The average Bonchev–Trinajstić information content (AvgIpc) is 2.78. The number of anilines is 1. The van der Waals surface area contributed by atoms with Gasteiger partial charge in [-0.3, -0.25) is 14.4 Å². The number of aromatic nitrogens is 2. The van der Waals surface area contributed by atoms with E-state index in [0.717, 1.165) is 23.7 Å². The number of carbonyl (C=O) groups excluding carboxylic acids is 2. The molecule has 2 amide bonds. The molecule has 0 aliphatic carbocycles. The van der Waals surface area contributed by atoms with E-state index in [1.807, 2.05) is 30.3 Å². The van der Waals surface area contributed by atoms with Crippen LogP contribution in [-0.4, -0.2) is 41.2 Å². The van der Waals surface area contributed by atoms with Crippen LogP contribution in [0.5, 0.6) is 5.75 Å². The molecule has 3 rings (SSSR count). The van der Waals surface area contributed by atoms with Crippen LogP contribution in [0.25, 0.3) is 0 Å². The Kier molecular flexibility index (Phi) is 8.44. The molecular weight excluding hydrogens is 428 g/mol. The molecule has 0 spiro atoms. The first kappa shape index (κ1) is 23.1. The molecule has 166 valence electrons. The van der Waals surface area contributed by atoms with Crippen molar-refractivity contribution in [1.82, 2.24) is 15.3 Å². The van der Waals surface area contributed by atoms with E-state index in [4.69, 9.17) is 4.74 Å². The molecule has 32 heavy (non-hydrogen) atoms. The fraction of sp³-hybridized carbons (Fsp3) is 0.217. The molecular formula is C23H24N4O4S. The van der Waals surface area contributed by atoms with E-state index < -0.39 is 0 Å². The summed E-state index contributed by atoms with van der Waals surface area (Å²) in [5, 5.41) is 5.87. The van der Waals surface area contributed by atoms with Gasteiger partial charge in [-0.05, 0) is 24.1 Å². The summed E-state index contributed by atoms with van der Waals surface area (Å²) in [6.07, 6.45) is 0.706. The lowest BCUT2D eigenvalue weighted by Crippen LogP contribution is -2.28. The molecule has 9 heteroatoms. The van der Waals surface area contributed by atoms with Crippen LogP contribution in [0.15, 0.2) is 70.6 Å². The Labute approximate surface area is 189 Å². The summed E-state index contributed by atoms with van der Waals surface area (Å²) >= 11 is 1.08. The number of ether oxygens (including phenoxy) is 1. The standard InChI is InChI=1S/C23H24N4O4S/c1-31-19-10-6-5-9-18(19)26-22(30)15-32-23-25-17(14-21(29)27-23)13-20(28)24-12-11-16-7-3-2-4-8-16/h2-10,14H,11-13,15H2,1H3,(H,24,28)(H,26,30)(H,25,27,29). The van der Waals surface area contributed by atoms with Crippen molar-refractivity contribution in [3.63, 3.8) is 0 Å². The second-order valence-electron chi connectivity index (χ2n) is 6.84. The SMILES string of the molecule is COc1ccccc1NC(=O)CSc1nc(CC(=O)NCCc2ccccc2)cc(=O)[nH]1.